The maximum absolute atomic E-state index is 6.23. The van der Waals surface area contributed by atoms with Crippen LogP contribution in [0.1, 0.15) is 44.6 Å². The van der Waals surface area contributed by atoms with Crippen molar-refractivity contribution < 1.29 is 9.47 Å². The van der Waals surface area contributed by atoms with Crippen LogP contribution in [0.4, 0.5) is 0 Å². The first-order valence-electron chi connectivity index (χ1n) is 7.31. The van der Waals surface area contributed by atoms with E-state index < -0.39 is 0 Å². The van der Waals surface area contributed by atoms with Crippen LogP contribution in [0.25, 0.3) is 0 Å². The Balaban J connectivity index is 2.13. The molecule has 3 heteroatoms. The van der Waals surface area contributed by atoms with Gasteiger partial charge in [-0.2, -0.15) is 0 Å². The minimum Gasteiger partial charge on any atom is -0.493 e. The molecule has 1 aliphatic rings. The molecule has 1 aliphatic carbocycles. The Kier molecular flexibility index (Phi) is 5.08. The van der Waals surface area contributed by atoms with Gasteiger partial charge in [0.05, 0.1) is 13.2 Å². The molecule has 2 N–H and O–H groups in total. The average molecular weight is 263 g/mol. The monoisotopic (exact) mass is 263 g/mol. The van der Waals surface area contributed by atoms with Crippen LogP contribution in [-0.4, -0.2) is 13.2 Å². The van der Waals surface area contributed by atoms with Gasteiger partial charge in [0.15, 0.2) is 11.5 Å². The highest BCUT2D eigenvalue weighted by Crippen LogP contribution is 2.35. The largest absolute Gasteiger partial charge is 0.493 e. The van der Waals surface area contributed by atoms with Gasteiger partial charge < -0.3 is 15.2 Å². The highest BCUT2D eigenvalue weighted by molar-refractivity contribution is 5.46. The summed E-state index contributed by atoms with van der Waals surface area (Å²) in [6.45, 7) is 2.75. The molecular formula is C16H25NO2. The maximum Gasteiger partial charge on any atom is 0.166 e. The number of hydrogen-bond acceptors (Lipinski definition) is 3. The van der Waals surface area contributed by atoms with Crippen molar-refractivity contribution >= 4 is 0 Å². The zero-order chi connectivity index (χ0) is 13.7. The number of benzene rings is 1. The topological polar surface area (TPSA) is 44.5 Å². The highest BCUT2D eigenvalue weighted by atomic mass is 16.5. The Morgan fingerprint density at radius 1 is 1.32 bits per heavy atom. The van der Waals surface area contributed by atoms with Gasteiger partial charge in [-0.1, -0.05) is 31.9 Å². The summed E-state index contributed by atoms with van der Waals surface area (Å²) in [5.74, 6) is 2.44. The summed E-state index contributed by atoms with van der Waals surface area (Å²) < 4.78 is 11.6. The second-order valence-electron chi connectivity index (χ2n) is 5.33. The van der Waals surface area contributed by atoms with Gasteiger partial charge in [-0.3, -0.25) is 0 Å². The van der Waals surface area contributed by atoms with E-state index in [1.165, 1.54) is 19.3 Å². The van der Waals surface area contributed by atoms with Crippen molar-refractivity contribution in [2.45, 2.75) is 51.7 Å². The summed E-state index contributed by atoms with van der Waals surface area (Å²) in [6.07, 6.45) is 6.44. The summed E-state index contributed by atoms with van der Waals surface area (Å²) in [4.78, 5) is 0. The summed E-state index contributed by atoms with van der Waals surface area (Å²) in [5, 5.41) is 0. The summed E-state index contributed by atoms with van der Waals surface area (Å²) in [7, 11) is 1.68. The molecule has 106 valence electrons. The molecule has 0 aromatic heterocycles. The molecule has 1 aromatic rings. The lowest BCUT2D eigenvalue weighted by molar-refractivity contribution is 0.117. The normalized spacial score (nSPS) is 23.1. The van der Waals surface area contributed by atoms with Crippen LogP contribution >= 0.6 is 0 Å². The molecule has 3 nitrogen and oxygen atoms in total. The molecule has 2 unspecified atom stereocenters. The lowest BCUT2D eigenvalue weighted by atomic mass is 9.85. The zero-order valence-corrected chi connectivity index (χ0v) is 12.0. The van der Waals surface area contributed by atoms with Crippen LogP contribution in [0.2, 0.25) is 0 Å². The van der Waals surface area contributed by atoms with Crippen LogP contribution in [0.15, 0.2) is 18.2 Å². The molecule has 0 saturated heterocycles. The second-order valence-corrected chi connectivity index (χ2v) is 5.33. The van der Waals surface area contributed by atoms with E-state index in [1.54, 1.807) is 7.11 Å². The number of methoxy groups -OCH3 is 1. The molecule has 0 spiro atoms. The molecule has 1 saturated carbocycles. The third-order valence-electron chi connectivity index (χ3n) is 4.10. The Morgan fingerprint density at radius 2 is 2.16 bits per heavy atom. The van der Waals surface area contributed by atoms with Crippen LogP contribution < -0.4 is 15.2 Å². The molecule has 0 bridgehead atoms. The molecule has 0 amide bonds. The van der Waals surface area contributed by atoms with Gasteiger partial charge in [-0.25, -0.2) is 0 Å². The van der Waals surface area contributed by atoms with Crippen molar-refractivity contribution in [3.8, 4) is 11.5 Å². The molecule has 2 rings (SSSR count). The summed E-state index contributed by atoms with van der Waals surface area (Å²) in [6, 6.07) is 5.91. The van der Waals surface area contributed by atoms with Crippen molar-refractivity contribution in [3.63, 3.8) is 0 Å². The lowest BCUT2D eigenvalue weighted by Gasteiger charge is -2.30. The number of nitrogens with two attached hydrogens (primary N) is 1. The van der Waals surface area contributed by atoms with E-state index >= 15 is 0 Å². The number of hydrogen-bond donors (Lipinski definition) is 1. The van der Waals surface area contributed by atoms with Crippen LogP contribution in [0.3, 0.4) is 0 Å². The lowest BCUT2D eigenvalue weighted by Crippen LogP contribution is -2.25. The van der Waals surface area contributed by atoms with Gasteiger partial charge >= 0.3 is 0 Å². The molecular weight excluding hydrogens is 238 g/mol. The van der Waals surface area contributed by atoms with Crippen molar-refractivity contribution in [3.05, 3.63) is 23.8 Å². The van der Waals surface area contributed by atoms with Gasteiger partial charge in [-0.05, 0) is 31.2 Å². The quantitative estimate of drug-likeness (QED) is 0.884. The first kappa shape index (κ1) is 14.2. The SMILES string of the molecule is CCC1CCCC(Oc2c(CN)cccc2OC)C1. The Hall–Kier alpha value is -1.22. The minimum atomic E-state index is 0.306. The van der Waals surface area contributed by atoms with Crippen molar-refractivity contribution in [1.82, 2.24) is 0 Å². The molecule has 19 heavy (non-hydrogen) atoms. The van der Waals surface area contributed by atoms with Crippen molar-refractivity contribution in [2.24, 2.45) is 11.7 Å². The minimum absolute atomic E-state index is 0.306. The standard InChI is InChI=1S/C16H25NO2/c1-3-12-6-4-8-14(10-12)19-16-13(11-17)7-5-9-15(16)18-2/h5,7,9,12,14H,3-4,6,8,10-11,17H2,1-2H3. The predicted molar refractivity (Wildman–Crippen MR) is 77.6 cm³/mol. The van der Waals surface area contributed by atoms with Gasteiger partial charge in [0.2, 0.25) is 0 Å². The second kappa shape index (κ2) is 6.80. The Labute approximate surface area is 116 Å². The third-order valence-corrected chi connectivity index (χ3v) is 4.10. The maximum atomic E-state index is 6.23. The van der Waals surface area contributed by atoms with Crippen molar-refractivity contribution in [2.75, 3.05) is 7.11 Å². The van der Waals surface area contributed by atoms with Gasteiger partial charge in [0.1, 0.15) is 0 Å². The van der Waals surface area contributed by atoms with Crippen LogP contribution in [0, 0.1) is 5.92 Å². The highest BCUT2D eigenvalue weighted by Gasteiger charge is 2.23. The fraction of sp³-hybridized carbons (Fsp3) is 0.625. The molecule has 2 atom stereocenters. The molecule has 1 fully saturated rings. The van der Waals surface area contributed by atoms with E-state index in [4.69, 9.17) is 15.2 Å². The average Bonchev–Trinajstić information content (AvgIpc) is 2.47. The third kappa shape index (κ3) is 3.41. The summed E-state index contributed by atoms with van der Waals surface area (Å²) >= 11 is 0. The molecule has 1 aromatic carbocycles. The van der Waals surface area contributed by atoms with E-state index in [9.17, 15) is 0 Å². The van der Waals surface area contributed by atoms with Gasteiger partial charge in [0.25, 0.3) is 0 Å². The van der Waals surface area contributed by atoms with E-state index in [-0.39, 0.29) is 0 Å². The molecule has 0 aliphatic heterocycles. The molecule has 0 heterocycles. The number of rotatable bonds is 5. The number of para-hydroxylation sites is 1. The van der Waals surface area contributed by atoms with Gasteiger partial charge in [-0.15, -0.1) is 0 Å². The van der Waals surface area contributed by atoms with E-state index in [2.05, 4.69) is 6.92 Å². The molecule has 0 radical (unpaired) electrons. The zero-order valence-electron chi connectivity index (χ0n) is 12.0. The van der Waals surface area contributed by atoms with E-state index in [0.717, 1.165) is 35.8 Å². The Bertz CT molecular complexity index is 383. The first-order chi connectivity index (χ1) is 9.28. The van der Waals surface area contributed by atoms with Crippen molar-refractivity contribution in [1.29, 1.82) is 0 Å². The summed E-state index contributed by atoms with van der Waals surface area (Å²) in [5.41, 5.74) is 6.82. The van der Waals surface area contributed by atoms with Crippen LogP contribution in [-0.2, 0) is 6.54 Å². The number of ether oxygens (including phenoxy) is 2. The predicted octanol–water partition coefficient (Wildman–Crippen LogP) is 3.50. The van der Waals surface area contributed by atoms with Gasteiger partial charge in [0, 0.05) is 12.1 Å². The first-order valence-corrected chi connectivity index (χ1v) is 7.31. The van der Waals surface area contributed by atoms with E-state index in [0.29, 0.717) is 12.6 Å². The van der Waals surface area contributed by atoms with E-state index in [1.807, 2.05) is 18.2 Å². The smallest absolute Gasteiger partial charge is 0.166 e. The fourth-order valence-corrected chi connectivity index (χ4v) is 2.90. The fourth-order valence-electron chi connectivity index (χ4n) is 2.90. The van der Waals surface area contributed by atoms with Crippen LogP contribution in [0.5, 0.6) is 11.5 Å². The Morgan fingerprint density at radius 3 is 2.84 bits per heavy atom.